The van der Waals surface area contributed by atoms with Crippen molar-refractivity contribution in [2.24, 2.45) is 5.10 Å². The zero-order valence-corrected chi connectivity index (χ0v) is 20.3. The molecule has 40 heavy (non-hydrogen) atoms. The molecular weight excluding hydrogens is 583 g/mol. The Labute approximate surface area is 220 Å². The summed E-state index contributed by atoms with van der Waals surface area (Å²) in [5.41, 5.74) is -3.05. The summed E-state index contributed by atoms with van der Waals surface area (Å²) in [7, 11) is -4.61. The van der Waals surface area contributed by atoms with Crippen LogP contribution >= 0.6 is 0 Å². The highest BCUT2D eigenvalue weighted by molar-refractivity contribution is 7.87. The lowest BCUT2D eigenvalue weighted by molar-refractivity contribution is -0.143. The molecule has 3 rings (SSSR count). The topological polar surface area (TPSA) is 84.8 Å². The van der Waals surface area contributed by atoms with Crippen molar-refractivity contribution in [1.82, 2.24) is 5.43 Å². The molecule has 0 spiro atoms. The highest BCUT2D eigenvalue weighted by Crippen LogP contribution is 2.36. The molecule has 3 aromatic carbocycles. The summed E-state index contributed by atoms with van der Waals surface area (Å²) in [4.78, 5) is 11.5. The summed E-state index contributed by atoms with van der Waals surface area (Å²) in [6.45, 7) is 0. The number of nitrogens with one attached hydrogen (secondary N) is 1. The standard InChI is InChI=1S/C24H15F9N2O4S/c25-22(26,27)16-5-7-19(8-6-16)40(37,38)39-20-4-2-1-3-15(20)13-34-35-21(36)11-14-9-17(23(28,29)30)12-18(10-14)24(31,32)33/h1-10,12-13H,11H2,(H,35,36)/b34-13+. The highest BCUT2D eigenvalue weighted by atomic mass is 32.2. The monoisotopic (exact) mass is 598 g/mol. The van der Waals surface area contributed by atoms with Crippen molar-refractivity contribution in [2.45, 2.75) is 29.8 Å². The molecule has 0 saturated carbocycles. The molecule has 6 nitrogen and oxygen atoms in total. The number of hydrazone groups is 1. The van der Waals surface area contributed by atoms with Gasteiger partial charge in [-0.15, -0.1) is 0 Å². The van der Waals surface area contributed by atoms with Gasteiger partial charge < -0.3 is 4.18 Å². The number of carbonyl (C=O) groups is 1. The van der Waals surface area contributed by atoms with Crippen LogP contribution in [0.4, 0.5) is 39.5 Å². The van der Waals surface area contributed by atoms with Gasteiger partial charge in [-0.3, -0.25) is 4.79 Å². The van der Waals surface area contributed by atoms with E-state index in [0.29, 0.717) is 36.4 Å². The average molecular weight is 598 g/mol. The van der Waals surface area contributed by atoms with Gasteiger partial charge in [0.05, 0.1) is 29.3 Å². The molecule has 214 valence electrons. The van der Waals surface area contributed by atoms with E-state index in [2.05, 4.69) is 5.10 Å². The molecule has 3 aromatic rings. The van der Waals surface area contributed by atoms with Gasteiger partial charge in [0.2, 0.25) is 5.91 Å². The number of hydrogen-bond acceptors (Lipinski definition) is 5. The quantitative estimate of drug-likeness (QED) is 0.152. The summed E-state index contributed by atoms with van der Waals surface area (Å²) < 4.78 is 146. The molecule has 0 radical (unpaired) electrons. The maximum atomic E-state index is 13.0. The van der Waals surface area contributed by atoms with Crippen molar-refractivity contribution < 1.29 is 56.9 Å². The van der Waals surface area contributed by atoms with Crippen molar-refractivity contribution in [2.75, 3.05) is 0 Å². The molecule has 0 bridgehead atoms. The number of alkyl halides is 9. The minimum atomic E-state index is -5.10. The molecule has 0 aliphatic carbocycles. The van der Waals surface area contributed by atoms with Crippen LogP contribution in [0.1, 0.15) is 27.8 Å². The molecule has 0 aliphatic heterocycles. The number of rotatable bonds is 7. The lowest BCUT2D eigenvalue weighted by Crippen LogP contribution is -2.21. The van der Waals surface area contributed by atoms with Crippen LogP contribution in [0.2, 0.25) is 0 Å². The van der Waals surface area contributed by atoms with Gasteiger partial charge in [-0.05, 0) is 60.2 Å². The number of halogens is 9. The molecular formula is C24H15F9N2O4S. The second-order valence-corrected chi connectivity index (χ2v) is 9.53. The van der Waals surface area contributed by atoms with Crippen LogP contribution in [0.15, 0.2) is 76.7 Å². The van der Waals surface area contributed by atoms with Crippen LogP contribution in [-0.4, -0.2) is 20.5 Å². The molecule has 0 aliphatic rings. The molecule has 0 fully saturated rings. The summed E-state index contributed by atoms with van der Waals surface area (Å²) in [5.74, 6) is -1.45. The SMILES string of the molecule is O=C(Cc1cc(C(F)(F)F)cc(C(F)(F)F)c1)N/N=C/c1ccccc1OS(=O)(=O)c1ccc(C(F)(F)F)cc1. The summed E-state index contributed by atoms with van der Waals surface area (Å²) >= 11 is 0. The molecule has 0 atom stereocenters. The van der Waals surface area contributed by atoms with Crippen LogP contribution in [0.5, 0.6) is 5.75 Å². The van der Waals surface area contributed by atoms with E-state index >= 15 is 0 Å². The molecule has 1 N–H and O–H groups in total. The first kappa shape index (κ1) is 30.5. The normalized spacial score (nSPS) is 12.9. The summed E-state index contributed by atoms with van der Waals surface area (Å²) in [6.07, 6.45) is -14.9. The van der Waals surface area contributed by atoms with Crippen LogP contribution in [0.25, 0.3) is 0 Å². The van der Waals surface area contributed by atoms with Gasteiger partial charge in [-0.1, -0.05) is 12.1 Å². The minimum absolute atomic E-state index is 0.0586. The smallest absolute Gasteiger partial charge is 0.378 e. The number of amides is 1. The van der Waals surface area contributed by atoms with E-state index in [0.717, 1.165) is 12.3 Å². The summed E-state index contributed by atoms with van der Waals surface area (Å²) in [5, 5.41) is 3.51. The Morgan fingerprint density at radius 2 is 1.30 bits per heavy atom. The number of hydrogen-bond donors (Lipinski definition) is 1. The zero-order valence-electron chi connectivity index (χ0n) is 19.5. The number of para-hydroxylation sites is 1. The van der Waals surface area contributed by atoms with Crippen molar-refractivity contribution in [3.05, 3.63) is 94.5 Å². The van der Waals surface area contributed by atoms with Crippen molar-refractivity contribution in [1.29, 1.82) is 0 Å². The van der Waals surface area contributed by atoms with Crippen molar-refractivity contribution in [3.63, 3.8) is 0 Å². The molecule has 0 heterocycles. The predicted octanol–water partition coefficient (Wildman–Crippen LogP) is 6.20. The molecule has 0 saturated heterocycles. The Morgan fingerprint density at radius 1 is 0.775 bits per heavy atom. The van der Waals surface area contributed by atoms with E-state index in [-0.39, 0.29) is 17.4 Å². The first-order valence-corrected chi connectivity index (χ1v) is 12.1. The first-order chi connectivity index (χ1) is 18.4. The maximum absolute atomic E-state index is 13.0. The van der Waals surface area contributed by atoms with E-state index in [4.69, 9.17) is 4.18 Å². The largest absolute Gasteiger partial charge is 0.416 e. The molecule has 16 heteroatoms. The van der Waals surface area contributed by atoms with E-state index < -0.39 is 68.1 Å². The van der Waals surface area contributed by atoms with Gasteiger partial charge >= 0.3 is 28.6 Å². The Morgan fingerprint density at radius 3 is 1.82 bits per heavy atom. The van der Waals surface area contributed by atoms with E-state index in [1.54, 1.807) is 0 Å². The molecule has 1 amide bonds. The van der Waals surface area contributed by atoms with Gasteiger partial charge in [-0.25, -0.2) is 5.43 Å². The fraction of sp³-hybridized carbons (Fsp3) is 0.167. The molecule has 0 aromatic heterocycles. The Kier molecular flexibility index (Phi) is 8.52. The Balaban J connectivity index is 1.74. The Bertz CT molecular complexity index is 1480. The fourth-order valence-electron chi connectivity index (χ4n) is 3.16. The lowest BCUT2D eigenvalue weighted by atomic mass is 10.0. The number of benzene rings is 3. The lowest BCUT2D eigenvalue weighted by Gasteiger charge is -2.14. The fourth-order valence-corrected chi connectivity index (χ4v) is 4.11. The second-order valence-electron chi connectivity index (χ2n) is 7.98. The van der Waals surface area contributed by atoms with Gasteiger partial charge in [-0.2, -0.15) is 53.0 Å². The maximum Gasteiger partial charge on any atom is 0.416 e. The second kappa shape index (κ2) is 11.2. The van der Waals surface area contributed by atoms with Crippen LogP contribution in [0.3, 0.4) is 0 Å². The van der Waals surface area contributed by atoms with Crippen molar-refractivity contribution in [3.8, 4) is 5.75 Å². The van der Waals surface area contributed by atoms with Crippen LogP contribution in [-0.2, 0) is 39.9 Å². The average Bonchev–Trinajstić information content (AvgIpc) is 2.83. The van der Waals surface area contributed by atoms with Crippen LogP contribution < -0.4 is 9.61 Å². The zero-order chi connectivity index (χ0) is 29.9. The van der Waals surface area contributed by atoms with Gasteiger partial charge in [0.1, 0.15) is 4.90 Å². The first-order valence-electron chi connectivity index (χ1n) is 10.7. The third-order valence-corrected chi connectivity index (χ3v) is 6.24. The van der Waals surface area contributed by atoms with Gasteiger partial charge in [0, 0.05) is 5.56 Å². The minimum Gasteiger partial charge on any atom is -0.378 e. The predicted molar refractivity (Wildman–Crippen MR) is 122 cm³/mol. The highest BCUT2D eigenvalue weighted by Gasteiger charge is 2.37. The van der Waals surface area contributed by atoms with Gasteiger partial charge in [0.15, 0.2) is 5.75 Å². The number of carbonyl (C=O) groups excluding carboxylic acids is 1. The van der Waals surface area contributed by atoms with E-state index in [9.17, 15) is 52.7 Å². The number of nitrogens with zero attached hydrogens (tertiary/aromatic N) is 1. The van der Waals surface area contributed by atoms with E-state index in [1.165, 1.54) is 18.2 Å². The van der Waals surface area contributed by atoms with Crippen LogP contribution in [0, 0.1) is 0 Å². The van der Waals surface area contributed by atoms with Gasteiger partial charge in [0.25, 0.3) is 0 Å². The third kappa shape index (κ3) is 7.97. The third-order valence-electron chi connectivity index (χ3n) is 4.99. The van der Waals surface area contributed by atoms with Crippen molar-refractivity contribution >= 4 is 22.2 Å². The molecule has 0 unspecified atom stereocenters. The van der Waals surface area contributed by atoms with E-state index in [1.807, 2.05) is 5.43 Å². The summed E-state index contributed by atoms with van der Waals surface area (Å²) in [6, 6.07) is 8.32. The Hall–Kier alpha value is -4.08.